The normalized spacial score (nSPS) is 33.0. The van der Waals surface area contributed by atoms with Gasteiger partial charge in [0, 0.05) is 5.75 Å². The first-order valence-corrected chi connectivity index (χ1v) is 7.47. The van der Waals surface area contributed by atoms with Gasteiger partial charge in [-0.15, -0.1) is 16.1 Å². The van der Waals surface area contributed by atoms with E-state index in [1.165, 1.54) is 0 Å². The van der Waals surface area contributed by atoms with Crippen LogP contribution in [-0.2, 0) is 23.1 Å². The molecule has 0 radical (unpaired) electrons. The molecule has 0 aromatic rings. The number of hydrogen-bond acceptors (Lipinski definition) is 11. The van der Waals surface area contributed by atoms with Crippen LogP contribution in [0.5, 0.6) is 0 Å². The number of carbonyl (C=O) groups is 1. The lowest BCUT2D eigenvalue weighted by Gasteiger charge is -2.40. The van der Waals surface area contributed by atoms with Crippen molar-refractivity contribution in [1.82, 2.24) is 0 Å². The standard InChI is InChI=1S/C9H16O10S2/c10-3-4-6(13)8(17-21-19-18-15)7(14)9(16-4)20-2-1-5(11)12/h4,6-10,13-15H,1-3H2,(H,11,12)/p-1/t4?,6-,7?,8-,9-/m0/s1. The lowest BCUT2D eigenvalue weighted by molar-refractivity contribution is -0.777. The third kappa shape index (κ3) is 5.86. The summed E-state index contributed by atoms with van der Waals surface area (Å²) in [6, 6.07) is 0. The van der Waals surface area contributed by atoms with Crippen molar-refractivity contribution in [3.05, 3.63) is 0 Å². The molecule has 4 N–H and O–H groups in total. The number of aliphatic hydroxyl groups is 3. The Morgan fingerprint density at radius 2 is 2.05 bits per heavy atom. The molecule has 0 aromatic heterocycles. The van der Waals surface area contributed by atoms with Gasteiger partial charge >= 0.3 is 5.97 Å². The highest BCUT2D eigenvalue weighted by Crippen LogP contribution is 2.32. The zero-order chi connectivity index (χ0) is 15.8. The third-order valence-corrected chi connectivity index (χ3v) is 4.20. The summed E-state index contributed by atoms with van der Waals surface area (Å²) >= 11 is 1.11. The van der Waals surface area contributed by atoms with E-state index in [2.05, 4.69) is 9.37 Å². The van der Waals surface area contributed by atoms with Crippen LogP contribution in [0.2, 0.25) is 0 Å². The molecular weight excluding hydrogens is 332 g/mol. The van der Waals surface area contributed by atoms with Crippen molar-refractivity contribution in [2.45, 2.75) is 36.3 Å². The van der Waals surface area contributed by atoms with Crippen LogP contribution in [0.4, 0.5) is 0 Å². The first kappa shape index (κ1) is 18.9. The summed E-state index contributed by atoms with van der Waals surface area (Å²) in [5.74, 6) is -0.846. The minimum atomic E-state index is -1.37. The largest absolute Gasteiger partial charge is 0.691 e. The predicted molar refractivity (Wildman–Crippen MR) is 67.1 cm³/mol. The number of carboxylic acid groups (broad SMARTS) is 1. The topological polar surface area (TPSA) is 158 Å². The van der Waals surface area contributed by atoms with Gasteiger partial charge in [0.1, 0.15) is 29.9 Å². The molecule has 12 heteroatoms. The molecule has 1 fully saturated rings. The van der Waals surface area contributed by atoms with E-state index >= 15 is 0 Å². The van der Waals surface area contributed by atoms with Crippen LogP contribution in [0.3, 0.4) is 0 Å². The predicted octanol–water partition coefficient (Wildman–Crippen LogP) is -2.19. The molecule has 1 saturated heterocycles. The minimum Gasteiger partial charge on any atom is -0.691 e. The Balaban J connectivity index is 2.60. The molecule has 0 bridgehead atoms. The van der Waals surface area contributed by atoms with E-state index in [4.69, 9.17) is 19.1 Å². The lowest BCUT2D eigenvalue weighted by atomic mass is 10.0. The van der Waals surface area contributed by atoms with Gasteiger partial charge in [-0.05, 0) is 0 Å². The van der Waals surface area contributed by atoms with E-state index in [1.807, 2.05) is 0 Å². The Kier molecular flexibility index (Phi) is 8.80. The van der Waals surface area contributed by atoms with Crippen LogP contribution >= 0.6 is 24.1 Å². The van der Waals surface area contributed by atoms with Crippen LogP contribution < -0.4 is 5.26 Å². The Bertz CT molecular complexity index is 319. The summed E-state index contributed by atoms with van der Waals surface area (Å²) < 4.78 is 14.0. The number of carboxylic acids is 1. The molecule has 0 aromatic carbocycles. The van der Waals surface area contributed by atoms with E-state index in [0.29, 0.717) is 0 Å². The molecule has 5 atom stereocenters. The highest BCUT2D eigenvalue weighted by atomic mass is 32.2. The average molecular weight is 347 g/mol. The smallest absolute Gasteiger partial charge is 0.304 e. The molecule has 1 rings (SSSR count). The summed E-state index contributed by atoms with van der Waals surface area (Å²) in [5, 5.41) is 50.3. The van der Waals surface area contributed by atoms with Crippen LogP contribution in [0, 0.1) is 0 Å². The summed E-state index contributed by atoms with van der Waals surface area (Å²) in [4.78, 5) is 10.4. The van der Waals surface area contributed by atoms with E-state index in [0.717, 1.165) is 11.8 Å². The molecule has 21 heavy (non-hydrogen) atoms. The average Bonchev–Trinajstić information content (AvgIpc) is 2.44. The van der Waals surface area contributed by atoms with Crippen LogP contribution in [-0.4, -0.2) is 68.6 Å². The second-order valence-corrected chi connectivity index (χ2v) is 5.66. The highest BCUT2D eigenvalue weighted by molar-refractivity contribution is 7.99. The summed E-state index contributed by atoms with van der Waals surface area (Å²) in [6.45, 7) is -0.534. The van der Waals surface area contributed by atoms with Crippen molar-refractivity contribution in [3.8, 4) is 0 Å². The number of ether oxygens (including phenoxy) is 1. The Hall–Kier alpha value is -0.150. The molecule has 2 unspecified atom stereocenters. The van der Waals surface area contributed by atoms with Gasteiger partial charge < -0.3 is 30.4 Å². The van der Waals surface area contributed by atoms with Gasteiger partial charge in [0.15, 0.2) is 12.3 Å². The first-order valence-electron chi connectivity index (χ1n) is 5.75. The molecule has 0 aliphatic carbocycles. The van der Waals surface area contributed by atoms with Crippen molar-refractivity contribution in [3.63, 3.8) is 0 Å². The molecule has 1 aliphatic heterocycles. The Morgan fingerprint density at radius 1 is 1.33 bits per heavy atom. The fraction of sp³-hybridized carbons (Fsp3) is 0.889. The Morgan fingerprint density at radius 3 is 2.62 bits per heavy atom. The third-order valence-electron chi connectivity index (χ3n) is 2.63. The maximum atomic E-state index is 10.4. The van der Waals surface area contributed by atoms with Crippen molar-refractivity contribution < 1.29 is 48.8 Å². The minimum absolute atomic E-state index is 0.115. The fourth-order valence-electron chi connectivity index (χ4n) is 1.64. The number of thioether (sulfide) groups is 1. The first-order chi connectivity index (χ1) is 10.0. The van der Waals surface area contributed by atoms with Gasteiger partial charge in [0.05, 0.1) is 13.0 Å². The van der Waals surface area contributed by atoms with Crippen molar-refractivity contribution in [2.75, 3.05) is 12.4 Å². The maximum Gasteiger partial charge on any atom is 0.304 e. The van der Waals surface area contributed by atoms with Crippen LogP contribution in [0.25, 0.3) is 0 Å². The molecule has 10 nitrogen and oxygen atoms in total. The molecule has 0 spiro atoms. The van der Waals surface area contributed by atoms with Gasteiger partial charge in [0.2, 0.25) is 0 Å². The van der Waals surface area contributed by atoms with Crippen LogP contribution in [0.1, 0.15) is 6.42 Å². The van der Waals surface area contributed by atoms with E-state index in [9.17, 15) is 20.3 Å². The second-order valence-electron chi connectivity index (χ2n) is 3.99. The van der Waals surface area contributed by atoms with Crippen LogP contribution in [0.15, 0.2) is 0 Å². The quantitative estimate of drug-likeness (QED) is 0.155. The summed E-state index contributed by atoms with van der Waals surface area (Å²) in [6.07, 6.45) is -5.10. The van der Waals surface area contributed by atoms with Crippen molar-refractivity contribution >= 4 is 30.1 Å². The number of rotatable bonds is 9. The van der Waals surface area contributed by atoms with Gasteiger partial charge in [-0.1, -0.05) is 0 Å². The van der Waals surface area contributed by atoms with E-state index < -0.39 is 42.4 Å². The van der Waals surface area contributed by atoms with Crippen molar-refractivity contribution in [1.29, 1.82) is 0 Å². The maximum absolute atomic E-state index is 10.4. The molecule has 0 amide bonds. The van der Waals surface area contributed by atoms with Gasteiger partial charge in [-0.25, -0.2) is 0 Å². The fourth-order valence-corrected chi connectivity index (χ4v) is 3.11. The van der Waals surface area contributed by atoms with E-state index in [1.54, 1.807) is 0 Å². The molecule has 0 saturated carbocycles. The zero-order valence-electron chi connectivity index (χ0n) is 10.6. The number of aliphatic hydroxyl groups excluding tert-OH is 3. The van der Waals surface area contributed by atoms with Gasteiger partial charge in [-0.2, -0.15) is 0 Å². The molecular formula is C9H15O10S2-. The Labute approximate surface area is 128 Å². The molecule has 1 heterocycles. The molecule has 124 valence electrons. The summed E-state index contributed by atoms with van der Waals surface area (Å²) in [7, 11) is 0. The lowest BCUT2D eigenvalue weighted by Crippen LogP contribution is -2.58. The number of aliphatic carboxylic acids is 1. The highest BCUT2D eigenvalue weighted by Gasteiger charge is 2.45. The van der Waals surface area contributed by atoms with Gasteiger partial charge in [0.25, 0.3) is 0 Å². The van der Waals surface area contributed by atoms with Crippen molar-refractivity contribution in [2.24, 2.45) is 0 Å². The summed E-state index contributed by atoms with van der Waals surface area (Å²) in [5.41, 5.74) is -0.913. The zero-order valence-corrected chi connectivity index (χ0v) is 12.2. The molecule has 1 aliphatic rings. The SMILES string of the molecule is O=C(O)CCS[C@@H]1OC(CO)[C@H](O)[C@H](OSOO[O-])C1O. The second kappa shape index (κ2) is 9.78. The monoisotopic (exact) mass is 347 g/mol. The number of hydrogen-bond donors (Lipinski definition) is 4. The van der Waals surface area contributed by atoms with E-state index in [-0.39, 0.29) is 24.5 Å². The van der Waals surface area contributed by atoms with Gasteiger partial charge in [-0.3, -0.25) is 14.0 Å².